The van der Waals surface area contributed by atoms with E-state index in [1.165, 1.54) is 24.2 Å². The Morgan fingerprint density at radius 1 is 1.04 bits per heavy atom. The van der Waals surface area contributed by atoms with Crippen LogP contribution in [0.2, 0.25) is 0 Å². The molecule has 0 atom stereocenters. The van der Waals surface area contributed by atoms with Crippen LogP contribution in [0.1, 0.15) is 25.3 Å². The number of benzene rings is 1. The van der Waals surface area contributed by atoms with Crippen LogP contribution in [0.25, 0.3) is 0 Å². The number of aromatic nitrogens is 1. The molecule has 0 saturated heterocycles. The lowest BCUT2D eigenvalue weighted by molar-refractivity contribution is 0.437. The molecule has 0 N–H and O–H groups in total. The summed E-state index contributed by atoms with van der Waals surface area (Å²) in [5.74, 6) is 2.21. The molecule has 0 bridgehead atoms. The predicted molar refractivity (Wildman–Crippen MR) is 101 cm³/mol. The molecule has 2 heterocycles. The van der Waals surface area contributed by atoms with E-state index in [1.54, 1.807) is 0 Å². The largest absolute Gasteiger partial charge is 0.357 e. The van der Waals surface area contributed by atoms with Crippen LogP contribution in [-0.4, -0.2) is 41.9 Å². The van der Waals surface area contributed by atoms with Crippen LogP contribution >= 0.6 is 0 Å². The smallest absolute Gasteiger partial charge is 0.129 e. The van der Waals surface area contributed by atoms with Crippen LogP contribution in [0, 0.1) is 0 Å². The van der Waals surface area contributed by atoms with Crippen LogP contribution in [0.4, 0.5) is 5.82 Å². The third kappa shape index (κ3) is 4.34. The zero-order valence-electron chi connectivity index (χ0n) is 14.4. The van der Waals surface area contributed by atoms with Gasteiger partial charge >= 0.3 is 0 Å². The summed E-state index contributed by atoms with van der Waals surface area (Å²) in [6.45, 7) is 6.98. The standard InChI is InChI=1S/C20H26N4/c1-2-3-14-23-15-13-22-20(23)17-24(19-11-7-8-12-21-19)16-18-9-5-4-6-10-18/h4-12H,2-3,13-17H2,1H3. The molecule has 3 rings (SSSR count). The molecule has 4 nitrogen and oxygen atoms in total. The molecule has 1 aromatic heterocycles. The number of anilines is 1. The SMILES string of the molecule is CCCCN1CCN=C1CN(Cc1ccccc1)c1ccccn1. The van der Waals surface area contributed by atoms with Crippen LogP contribution in [0.15, 0.2) is 59.7 Å². The van der Waals surface area contributed by atoms with Crippen LogP contribution in [0.3, 0.4) is 0 Å². The maximum atomic E-state index is 4.75. The molecule has 1 aromatic carbocycles. The zero-order valence-corrected chi connectivity index (χ0v) is 14.4. The molecule has 0 spiro atoms. The lowest BCUT2D eigenvalue weighted by atomic mass is 10.2. The average Bonchev–Trinajstić information content (AvgIpc) is 3.08. The fourth-order valence-corrected chi connectivity index (χ4v) is 3.00. The van der Waals surface area contributed by atoms with E-state index in [1.807, 2.05) is 18.3 Å². The molecule has 0 unspecified atom stereocenters. The molecule has 1 aliphatic rings. The van der Waals surface area contributed by atoms with Gasteiger partial charge in [0.2, 0.25) is 0 Å². The first-order valence-corrected chi connectivity index (χ1v) is 8.85. The quantitative estimate of drug-likeness (QED) is 0.744. The lowest BCUT2D eigenvalue weighted by Crippen LogP contribution is -2.38. The van der Waals surface area contributed by atoms with E-state index in [-0.39, 0.29) is 0 Å². The van der Waals surface area contributed by atoms with Crippen molar-refractivity contribution in [2.75, 3.05) is 31.1 Å². The van der Waals surface area contributed by atoms with Gasteiger partial charge < -0.3 is 9.80 Å². The van der Waals surface area contributed by atoms with Gasteiger partial charge in [-0.2, -0.15) is 0 Å². The van der Waals surface area contributed by atoms with E-state index >= 15 is 0 Å². The summed E-state index contributed by atoms with van der Waals surface area (Å²) in [6, 6.07) is 16.7. The Balaban J connectivity index is 1.75. The van der Waals surface area contributed by atoms with Gasteiger partial charge in [0.15, 0.2) is 0 Å². The van der Waals surface area contributed by atoms with Gasteiger partial charge in [0.25, 0.3) is 0 Å². The van der Waals surface area contributed by atoms with Gasteiger partial charge in [-0.3, -0.25) is 4.99 Å². The number of hydrogen-bond donors (Lipinski definition) is 0. The molecule has 126 valence electrons. The van der Waals surface area contributed by atoms with E-state index < -0.39 is 0 Å². The topological polar surface area (TPSA) is 31.7 Å². The van der Waals surface area contributed by atoms with Gasteiger partial charge in [-0.15, -0.1) is 0 Å². The molecule has 24 heavy (non-hydrogen) atoms. The summed E-state index contributed by atoms with van der Waals surface area (Å²) in [7, 11) is 0. The van der Waals surface area contributed by atoms with Crippen molar-refractivity contribution < 1.29 is 0 Å². The molecule has 2 aromatic rings. The van der Waals surface area contributed by atoms with Crippen LogP contribution in [-0.2, 0) is 6.54 Å². The summed E-state index contributed by atoms with van der Waals surface area (Å²) < 4.78 is 0. The fraction of sp³-hybridized carbons (Fsp3) is 0.400. The summed E-state index contributed by atoms with van der Waals surface area (Å²) >= 11 is 0. The first-order chi connectivity index (χ1) is 11.9. The normalized spacial score (nSPS) is 13.9. The third-order valence-electron chi connectivity index (χ3n) is 4.33. The Morgan fingerprint density at radius 2 is 1.88 bits per heavy atom. The second-order valence-electron chi connectivity index (χ2n) is 6.17. The highest BCUT2D eigenvalue weighted by atomic mass is 15.3. The number of unbranched alkanes of at least 4 members (excludes halogenated alkanes) is 1. The number of nitrogens with zero attached hydrogens (tertiary/aromatic N) is 4. The third-order valence-corrected chi connectivity index (χ3v) is 4.33. The highest BCUT2D eigenvalue weighted by molar-refractivity contribution is 5.88. The number of amidine groups is 1. The number of pyridine rings is 1. The van der Waals surface area contributed by atoms with Crippen molar-refractivity contribution in [2.45, 2.75) is 26.3 Å². The van der Waals surface area contributed by atoms with Crippen molar-refractivity contribution in [1.82, 2.24) is 9.88 Å². The Bertz CT molecular complexity index is 639. The zero-order chi connectivity index (χ0) is 16.6. The van der Waals surface area contributed by atoms with Crippen molar-refractivity contribution in [1.29, 1.82) is 0 Å². The lowest BCUT2D eigenvalue weighted by Gasteiger charge is -2.28. The Hall–Kier alpha value is -2.36. The first-order valence-electron chi connectivity index (χ1n) is 8.85. The fourth-order valence-electron chi connectivity index (χ4n) is 3.00. The van der Waals surface area contributed by atoms with Crippen molar-refractivity contribution in [3.05, 3.63) is 60.3 Å². The second-order valence-corrected chi connectivity index (χ2v) is 6.17. The molecular formula is C20H26N4. The minimum absolute atomic E-state index is 0.815. The molecule has 0 saturated carbocycles. The van der Waals surface area contributed by atoms with E-state index in [2.05, 4.69) is 58.1 Å². The number of rotatable bonds is 8. The van der Waals surface area contributed by atoms with Gasteiger partial charge in [0, 0.05) is 25.8 Å². The van der Waals surface area contributed by atoms with E-state index in [0.717, 1.165) is 38.5 Å². The number of aliphatic imine (C=N–C) groups is 1. The molecule has 1 aliphatic heterocycles. The van der Waals surface area contributed by atoms with E-state index in [9.17, 15) is 0 Å². The summed E-state index contributed by atoms with van der Waals surface area (Å²) in [4.78, 5) is 14.1. The van der Waals surface area contributed by atoms with E-state index in [4.69, 9.17) is 4.99 Å². The van der Waals surface area contributed by atoms with Gasteiger partial charge in [-0.25, -0.2) is 4.98 Å². The van der Waals surface area contributed by atoms with Crippen molar-refractivity contribution in [3.63, 3.8) is 0 Å². The molecule has 0 radical (unpaired) electrons. The monoisotopic (exact) mass is 322 g/mol. The van der Waals surface area contributed by atoms with Gasteiger partial charge in [-0.05, 0) is 24.1 Å². The first kappa shape index (κ1) is 16.5. The maximum absolute atomic E-state index is 4.75. The maximum Gasteiger partial charge on any atom is 0.129 e. The molecular weight excluding hydrogens is 296 g/mol. The van der Waals surface area contributed by atoms with E-state index in [0.29, 0.717) is 0 Å². The van der Waals surface area contributed by atoms with Crippen LogP contribution < -0.4 is 4.90 Å². The Labute approximate surface area is 144 Å². The Kier molecular flexibility index (Phi) is 5.83. The van der Waals surface area contributed by atoms with Gasteiger partial charge in [0.1, 0.15) is 11.7 Å². The van der Waals surface area contributed by atoms with Gasteiger partial charge in [0.05, 0.1) is 13.1 Å². The predicted octanol–water partition coefficient (Wildman–Crippen LogP) is 3.60. The van der Waals surface area contributed by atoms with Crippen molar-refractivity contribution >= 4 is 11.7 Å². The van der Waals surface area contributed by atoms with Crippen LogP contribution in [0.5, 0.6) is 0 Å². The highest BCUT2D eigenvalue weighted by Gasteiger charge is 2.20. The van der Waals surface area contributed by atoms with Crippen molar-refractivity contribution in [3.8, 4) is 0 Å². The summed E-state index contributed by atoms with van der Waals surface area (Å²) in [5.41, 5.74) is 1.29. The molecule has 0 amide bonds. The molecule has 0 aliphatic carbocycles. The summed E-state index contributed by atoms with van der Waals surface area (Å²) in [5, 5.41) is 0. The number of hydrogen-bond acceptors (Lipinski definition) is 4. The molecule has 4 heteroatoms. The summed E-state index contributed by atoms with van der Waals surface area (Å²) in [6.07, 6.45) is 4.30. The highest BCUT2D eigenvalue weighted by Crippen LogP contribution is 2.16. The minimum Gasteiger partial charge on any atom is -0.357 e. The average molecular weight is 322 g/mol. The second kappa shape index (κ2) is 8.48. The Morgan fingerprint density at radius 3 is 2.62 bits per heavy atom. The van der Waals surface area contributed by atoms with Crippen molar-refractivity contribution in [2.24, 2.45) is 4.99 Å². The molecule has 0 fully saturated rings. The van der Waals surface area contributed by atoms with Gasteiger partial charge in [-0.1, -0.05) is 49.7 Å². The minimum atomic E-state index is 0.815.